The maximum atomic E-state index is 13.6. The van der Waals surface area contributed by atoms with Crippen LogP contribution in [0.15, 0.2) is 18.2 Å². The Morgan fingerprint density at radius 1 is 1.40 bits per heavy atom. The molecule has 2 rings (SSSR count). The third kappa shape index (κ3) is 3.15. The molecule has 20 heavy (non-hydrogen) atoms. The molecule has 0 radical (unpaired) electrons. The minimum Gasteiger partial charge on any atom is -0.323 e. The predicted octanol–water partition coefficient (Wildman–Crippen LogP) is 2.93. The molecule has 0 bridgehead atoms. The molecule has 1 atom stereocenters. The first kappa shape index (κ1) is 14.9. The van der Waals surface area contributed by atoms with E-state index in [0.717, 1.165) is 44.1 Å². The van der Waals surface area contributed by atoms with Gasteiger partial charge in [0.05, 0.1) is 5.69 Å². The average molecular weight is 282 g/mol. The molecular formula is C15H20F2N2O. The van der Waals surface area contributed by atoms with Gasteiger partial charge in [0.15, 0.2) is 0 Å². The summed E-state index contributed by atoms with van der Waals surface area (Å²) in [6.07, 6.45) is 1.98. The molecule has 1 aliphatic rings. The van der Waals surface area contributed by atoms with Crippen LogP contribution >= 0.6 is 0 Å². The number of nitrogens with one attached hydrogen (secondary N) is 2. The van der Waals surface area contributed by atoms with Crippen LogP contribution in [0.4, 0.5) is 14.5 Å². The van der Waals surface area contributed by atoms with Crippen LogP contribution in [-0.2, 0) is 4.79 Å². The van der Waals surface area contributed by atoms with Crippen molar-refractivity contribution >= 4 is 11.6 Å². The lowest BCUT2D eigenvalue weighted by Crippen LogP contribution is -2.44. The normalized spacial score (nSPS) is 19.7. The number of halogens is 2. The van der Waals surface area contributed by atoms with Gasteiger partial charge in [0.25, 0.3) is 0 Å². The topological polar surface area (TPSA) is 41.1 Å². The van der Waals surface area contributed by atoms with Gasteiger partial charge < -0.3 is 10.6 Å². The maximum absolute atomic E-state index is 13.6. The van der Waals surface area contributed by atoms with Crippen molar-refractivity contribution in [2.45, 2.75) is 26.7 Å². The second-order valence-corrected chi connectivity index (χ2v) is 5.84. The van der Waals surface area contributed by atoms with E-state index in [9.17, 15) is 13.6 Å². The van der Waals surface area contributed by atoms with Crippen LogP contribution in [0.1, 0.15) is 26.7 Å². The van der Waals surface area contributed by atoms with Gasteiger partial charge in [-0.3, -0.25) is 4.79 Å². The van der Waals surface area contributed by atoms with E-state index in [1.54, 1.807) is 0 Å². The fraction of sp³-hybridized carbons (Fsp3) is 0.533. The zero-order chi connectivity index (χ0) is 14.8. The third-order valence-electron chi connectivity index (χ3n) is 4.08. The summed E-state index contributed by atoms with van der Waals surface area (Å²) in [5.74, 6) is -1.29. The summed E-state index contributed by atoms with van der Waals surface area (Å²) in [4.78, 5) is 12.4. The van der Waals surface area contributed by atoms with Gasteiger partial charge in [-0.2, -0.15) is 0 Å². The van der Waals surface area contributed by atoms with E-state index in [1.165, 1.54) is 0 Å². The molecule has 110 valence electrons. The number of hydrogen-bond donors (Lipinski definition) is 2. The standard InChI is InChI=1S/C15H20F2N2O/c1-15(2,10-4-3-7-18-9-10)14(20)19-13-8-11(16)5-6-12(13)17/h5-6,8,10,18H,3-4,7,9H2,1-2H3,(H,19,20). The molecular weight excluding hydrogens is 262 g/mol. The fourth-order valence-corrected chi connectivity index (χ4v) is 2.53. The molecule has 1 saturated heterocycles. The second kappa shape index (κ2) is 5.87. The van der Waals surface area contributed by atoms with Crippen LogP contribution in [0.25, 0.3) is 0 Å². The van der Waals surface area contributed by atoms with E-state index in [0.29, 0.717) is 0 Å². The van der Waals surface area contributed by atoms with Gasteiger partial charge in [-0.25, -0.2) is 8.78 Å². The number of piperidine rings is 1. The Morgan fingerprint density at radius 2 is 2.15 bits per heavy atom. The second-order valence-electron chi connectivity index (χ2n) is 5.84. The summed E-state index contributed by atoms with van der Waals surface area (Å²) in [7, 11) is 0. The van der Waals surface area contributed by atoms with Crippen molar-refractivity contribution < 1.29 is 13.6 Å². The van der Waals surface area contributed by atoms with E-state index in [-0.39, 0.29) is 17.5 Å². The van der Waals surface area contributed by atoms with Gasteiger partial charge >= 0.3 is 0 Å². The van der Waals surface area contributed by atoms with Crippen LogP contribution in [0.2, 0.25) is 0 Å². The number of hydrogen-bond acceptors (Lipinski definition) is 2. The number of amides is 1. The summed E-state index contributed by atoms with van der Waals surface area (Å²) in [5, 5.41) is 5.77. The largest absolute Gasteiger partial charge is 0.323 e. The van der Waals surface area contributed by atoms with Crippen molar-refractivity contribution in [1.82, 2.24) is 5.32 Å². The van der Waals surface area contributed by atoms with E-state index in [2.05, 4.69) is 10.6 Å². The van der Waals surface area contributed by atoms with Gasteiger partial charge in [-0.05, 0) is 44.0 Å². The minimum absolute atomic E-state index is 0.105. The molecule has 0 aromatic heterocycles. The van der Waals surface area contributed by atoms with Crippen molar-refractivity contribution in [3.63, 3.8) is 0 Å². The van der Waals surface area contributed by atoms with Gasteiger partial charge in [0, 0.05) is 11.5 Å². The Morgan fingerprint density at radius 3 is 2.80 bits per heavy atom. The van der Waals surface area contributed by atoms with Gasteiger partial charge in [0.2, 0.25) is 5.91 Å². The Kier molecular flexibility index (Phi) is 4.38. The molecule has 1 unspecified atom stereocenters. The molecule has 1 fully saturated rings. The minimum atomic E-state index is -0.633. The molecule has 1 amide bonds. The zero-order valence-electron chi connectivity index (χ0n) is 11.8. The van der Waals surface area contributed by atoms with Gasteiger partial charge in [-0.15, -0.1) is 0 Å². The lowest BCUT2D eigenvalue weighted by molar-refractivity contribution is -0.127. The summed E-state index contributed by atoms with van der Waals surface area (Å²) in [6, 6.07) is 3.05. The molecule has 1 aromatic carbocycles. The predicted molar refractivity (Wildman–Crippen MR) is 74.4 cm³/mol. The quantitative estimate of drug-likeness (QED) is 0.895. The molecule has 0 saturated carbocycles. The summed E-state index contributed by atoms with van der Waals surface area (Å²) in [6.45, 7) is 5.42. The van der Waals surface area contributed by atoms with E-state index < -0.39 is 17.0 Å². The maximum Gasteiger partial charge on any atom is 0.230 e. The summed E-state index contributed by atoms with van der Waals surface area (Å²) in [5.41, 5.74) is -0.738. The van der Waals surface area contributed by atoms with Crippen LogP contribution in [0, 0.1) is 23.0 Å². The van der Waals surface area contributed by atoms with Crippen molar-refractivity contribution in [2.75, 3.05) is 18.4 Å². The molecule has 3 nitrogen and oxygen atoms in total. The number of anilines is 1. The molecule has 1 aliphatic heterocycles. The average Bonchev–Trinajstić information content (AvgIpc) is 2.43. The van der Waals surface area contributed by atoms with Crippen LogP contribution in [-0.4, -0.2) is 19.0 Å². The van der Waals surface area contributed by atoms with Crippen molar-refractivity contribution in [3.8, 4) is 0 Å². The summed E-state index contributed by atoms with van der Waals surface area (Å²) < 4.78 is 26.7. The Labute approximate surface area is 117 Å². The third-order valence-corrected chi connectivity index (χ3v) is 4.08. The van der Waals surface area contributed by atoms with E-state index >= 15 is 0 Å². The van der Waals surface area contributed by atoms with E-state index in [4.69, 9.17) is 0 Å². The lowest BCUT2D eigenvalue weighted by atomic mass is 9.74. The summed E-state index contributed by atoms with van der Waals surface area (Å²) >= 11 is 0. The fourth-order valence-electron chi connectivity index (χ4n) is 2.53. The monoisotopic (exact) mass is 282 g/mol. The lowest BCUT2D eigenvalue weighted by Gasteiger charge is -2.36. The van der Waals surface area contributed by atoms with Gasteiger partial charge in [-0.1, -0.05) is 13.8 Å². The highest BCUT2D eigenvalue weighted by Crippen LogP contribution is 2.33. The first-order valence-electron chi connectivity index (χ1n) is 6.88. The number of carbonyl (C=O) groups is 1. The molecule has 5 heteroatoms. The molecule has 2 N–H and O–H groups in total. The molecule has 0 spiro atoms. The molecule has 1 aromatic rings. The van der Waals surface area contributed by atoms with Crippen LogP contribution in [0.3, 0.4) is 0 Å². The highest BCUT2D eigenvalue weighted by atomic mass is 19.1. The Bertz CT molecular complexity index is 497. The van der Waals surface area contributed by atoms with Crippen molar-refractivity contribution in [1.29, 1.82) is 0 Å². The van der Waals surface area contributed by atoms with Crippen molar-refractivity contribution in [2.24, 2.45) is 11.3 Å². The van der Waals surface area contributed by atoms with Crippen LogP contribution < -0.4 is 10.6 Å². The molecule has 0 aliphatic carbocycles. The Balaban J connectivity index is 2.11. The number of rotatable bonds is 3. The zero-order valence-corrected chi connectivity index (χ0v) is 11.8. The smallest absolute Gasteiger partial charge is 0.230 e. The number of benzene rings is 1. The number of carbonyl (C=O) groups excluding carboxylic acids is 1. The first-order chi connectivity index (χ1) is 9.41. The van der Waals surface area contributed by atoms with Gasteiger partial charge in [0.1, 0.15) is 11.6 Å². The Hall–Kier alpha value is -1.49. The molecule has 1 heterocycles. The van der Waals surface area contributed by atoms with Crippen molar-refractivity contribution in [3.05, 3.63) is 29.8 Å². The SMILES string of the molecule is CC(C)(C(=O)Nc1cc(F)ccc1F)C1CCCNC1. The van der Waals surface area contributed by atoms with E-state index in [1.807, 2.05) is 13.8 Å². The highest BCUT2D eigenvalue weighted by molar-refractivity contribution is 5.95. The van der Waals surface area contributed by atoms with Crippen LogP contribution in [0.5, 0.6) is 0 Å². The highest BCUT2D eigenvalue weighted by Gasteiger charge is 2.37. The first-order valence-corrected chi connectivity index (χ1v) is 6.88.